The zero-order valence-electron chi connectivity index (χ0n) is 19.0. The topological polar surface area (TPSA) is 12.0 Å². The van der Waals surface area contributed by atoms with Crippen molar-refractivity contribution in [1.82, 2.24) is 5.32 Å². The lowest BCUT2D eigenvalue weighted by Gasteiger charge is -2.59. The van der Waals surface area contributed by atoms with Gasteiger partial charge in [-0.15, -0.1) is 0 Å². The zero-order chi connectivity index (χ0) is 20.6. The molecule has 4 fully saturated rings. The quantitative estimate of drug-likeness (QED) is 0.505. The SMILES string of the molecule is CCc1cccc(CNCc2cccc(CC(C)[C@]34CC5C[C@H](C[C@@H](C5)C3)C4)c2)c1. The highest BCUT2D eigenvalue weighted by atomic mass is 14.8. The molecule has 2 aromatic rings. The largest absolute Gasteiger partial charge is 0.309 e. The van der Waals surface area contributed by atoms with Crippen LogP contribution in [0.1, 0.15) is 74.6 Å². The van der Waals surface area contributed by atoms with Gasteiger partial charge in [0.05, 0.1) is 0 Å². The Kier molecular flexibility index (Phi) is 5.75. The molecular weight excluding hydrogens is 362 g/mol. The van der Waals surface area contributed by atoms with Crippen molar-refractivity contribution in [1.29, 1.82) is 0 Å². The molecule has 0 spiro atoms. The minimum atomic E-state index is 0.660. The van der Waals surface area contributed by atoms with Crippen LogP contribution >= 0.6 is 0 Å². The Balaban J connectivity index is 1.19. The van der Waals surface area contributed by atoms with E-state index in [9.17, 15) is 0 Å². The van der Waals surface area contributed by atoms with E-state index in [1.807, 2.05) is 0 Å². The lowest BCUT2D eigenvalue weighted by molar-refractivity contribution is -0.0829. The summed E-state index contributed by atoms with van der Waals surface area (Å²) in [5, 5.41) is 3.66. The molecule has 1 unspecified atom stereocenters. The molecule has 30 heavy (non-hydrogen) atoms. The van der Waals surface area contributed by atoms with Gasteiger partial charge in [-0.25, -0.2) is 0 Å². The lowest BCUT2D eigenvalue weighted by atomic mass is 9.46. The normalized spacial score (nSPS) is 30.5. The summed E-state index contributed by atoms with van der Waals surface area (Å²) in [6.45, 7) is 6.69. The van der Waals surface area contributed by atoms with Crippen LogP contribution in [-0.4, -0.2) is 0 Å². The maximum Gasteiger partial charge on any atom is 0.0208 e. The Labute approximate surface area is 183 Å². The van der Waals surface area contributed by atoms with Crippen LogP contribution in [-0.2, 0) is 25.9 Å². The highest BCUT2D eigenvalue weighted by molar-refractivity contribution is 5.26. The van der Waals surface area contributed by atoms with Gasteiger partial charge in [-0.2, -0.15) is 0 Å². The predicted octanol–water partition coefficient (Wildman–Crippen LogP) is 6.93. The standard InChI is InChI=1S/C29H39N/c1-3-22-6-4-8-24(11-22)19-30-20-25-9-5-7-23(12-25)10-21(2)29-16-26-13-27(17-29)15-28(14-26)18-29/h4-9,11-12,21,26-28,30H,3,10,13-20H2,1-2H3/t21?,26-,27-,28?,29-/m0/s1. The molecule has 0 amide bonds. The van der Waals surface area contributed by atoms with E-state index in [2.05, 4.69) is 67.7 Å². The molecule has 4 aliphatic rings. The molecule has 1 N–H and O–H groups in total. The second-order valence-corrected chi connectivity index (χ2v) is 11.0. The van der Waals surface area contributed by atoms with Crippen LogP contribution in [0.3, 0.4) is 0 Å². The average Bonchev–Trinajstić information content (AvgIpc) is 2.73. The Morgan fingerprint density at radius 3 is 1.87 bits per heavy atom. The predicted molar refractivity (Wildman–Crippen MR) is 126 cm³/mol. The molecule has 1 nitrogen and oxygen atoms in total. The number of hydrogen-bond acceptors (Lipinski definition) is 1. The number of nitrogens with one attached hydrogen (secondary N) is 1. The Morgan fingerprint density at radius 2 is 1.30 bits per heavy atom. The maximum atomic E-state index is 3.66. The van der Waals surface area contributed by atoms with Crippen molar-refractivity contribution in [3.05, 3.63) is 70.8 Å². The van der Waals surface area contributed by atoms with E-state index in [1.165, 1.54) is 42.4 Å². The van der Waals surface area contributed by atoms with Gasteiger partial charge < -0.3 is 5.32 Å². The summed E-state index contributed by atoms with van der Waals surface area (Å²) < 4.78 is 0. The van der Waals surface area contributed by atoms with Gasteiger partial charge in [0.15, 0.2) is 0 Å². The Morgan fingerprint density at radius 1 is 0.800 bits per heavy atom. The minimum Gasteiger partial charge on any atom is -0.309 e. The third kappa shape index (κ3) is 4.24. The minimum absolute atomic E-state index is 0.660. The van der Waals surface area contributed by atoms with Gasteiger partial charge in [0.25, 0.3) is 0 Å². The van der Waals surface area contributed by atoms with E-state index in [1.54, 1.807) is 24.8 Å². The fourth-order valence-corrected chi connectivity index (χ4v) is 7.53. The zero-order valence-corrected chi connectivity index (χ0v) is 19.0. The van der Waals surface area contributed by atoms with Crippen molar-refractivity contribution in [2.75, 3.05) is 0 Å². The summed E-state index contributed by atoms with van der Waals surface area (Å²) in [5.41, 5.74) is 6.45. The molecule has 4 bridgehead atoms. The highest BCUT2D eigenvalue weighted by Crippen LogP contribution is 2.63. The van der Waals surface area contributed by atoms with E-state index in [4.69, 9.17) is 0 Å². The van der Waals surface area contributed by atoms with Gasteiger partial charge in [0.1, 0.15) is 0 Å². The summed E-state index contributed by atoms with van der Waals surface area (Å²) in [6, 6.07) is 18.4. The molecule has 160 valence electrons. The fourth-order valence-electron chi connectivity index (χ4n) is 7.53. The molecule has 0 aromatic heterocycles. The molecule has 4 saturated carbocycles. The van der Waals surface area contributed by atoms with Crippen LogP contribution in [0.25, 0.3) is 0 Å². The summed E-state index contributed by atoms with van der Waals surface area (Å²) in [4.78, 5) is 0. The molecule has 0 radical (unpaired) electrons. The first-order valence-electron chi connectivity index (χ1n) is 12.5. The molecule has 0 heterocycles. The second kappa shape index (κ2) is 8.50. The summed E-state index contributed by atoms with van der Waals surface area (Å²) >= 11 is 0. The van der Waals surface area contributed by atoms with Crippen LogP contribution in [0, 0.1) is 29.1 Å². The van der Waals surface area contributed by atoms with Crippen LogP contribution in [0.4, 0.5) is 0 Å². The first-order valence-corrected chi connectivity index (χ1v) is 12.5. The first kappa shape index (κ1) is 20.3. The fraction of sp³-hybridized carbons (Fsp3) is 0.586. The van der Waals surface area contributed by atoms with Gasteiger partial charge in [-0.1, -0.05) is 62.4 Å². The average molecular weight is 402 g/mol. The van der Waals surface area contributed by atoms with E-state index in [0.717, 1.165) is 43.2 Å². The van der Waals surface area contributed by atoms with Crippen LogP contribution < -0.4 is 5.32 Å². The molecule has 4 aliphatic carbocycles. The van der Waals surface area contributed by atoms with Crippen LogP contribution in [0.15, 0.2) is 48.5 Å². The molecule has 1 atom stereocenters. The van der Waals surface area contributed by atoms with E-state index < -0.39 is 0 Å². The van der Waals surface area contributed by atoms with Crippen molar-refractivity contribution in [2.24, 2.45) is 29.1 Å². The van der Waals surface area contributed by atoms with Crippen molar-refractivity contribution in [2.45, 2.75) is 78.3 Å². The van der Waals surface area contributed by atoms with Gasteiger partial charge >= 0.3 is 0 Å². The molecule has 0 saturated heterocycles. The first-order chi connectivity index (χ1) is 14.6. The Bertz CT molecular complexity index is 831. The van der Waals surface area contributed by atoms with E-state index in [-0.39, 0.29) is 0 Å². The number of benzene rings is 2. The molecule has 1 heteroatoms. The third-order valence-corrected chi connectivity index (χ3v) is 8.72. The smallest absolute Gasteiger partial charge is 0.0208 e. The summed E-state index contributed by atoms with van der Waals surface area (Å²) in [7, 11) is 0. The van der Waals surface area contributed by atoms with Crippen molar-refractivity contribution < 1.29 is 0 Å². The number of aryl methyl sites for hydroxylation is 1. The van der Waals surface area contributed by atoms with Crippen LogP contribution in [0.5, 0.6) is 0 Å². The molecule has 6 rings (SSSR count). The van der Waals surface area contributed by atoms with Crippen molar-refractivity contribution >= 4 is 0 Å². The molecular formula is C29H39N. The second-order valence-electron chi connectivity index (χ2n) is 11.0. The van der Waals surface area contributed by atoms with E-state index in [0.29, 0.717) is 5.41 Å². The summed E-state index contributed by atoms with van der Waals surface area (Å²) in [5.74, 6) is 3.99. The molecule has 0 aliphatic heterocycles. The van der Waals surface area contributed by atoms with Gasteiger partial charge in [-0.05, 0) is 103 Å². The maximum absolute atomic E-state index is 3.66. The third-order valence-electron chi connectivity index (χ3n) is 8.72. The van der Waals surface area contributed by atoms with Crippen LogP contribution in [0.2, 0.25) is 0 Å². The Hall–Kier alpha value is -1.60. The molecule has 2 aromatic carbocycles. The van der Waals surface area contributed by atoms with E-state index >= 15 is 0 Å². The number of rotatable bonds is 8. The summed E-state index contributed by atoms with van der Waals surface area (Å²) in [6.07, 6.45) is 11.6. The lowest BCUT2D eigenvalue weighted by Crippen LogP contribution is -2.49. The van der Waals surface area contributed by atoms with Crippen molar-refractivity contribution in [3.8, 4) is 0 Å². The van der Waals surface area contributed by atoms with Gasteiger partial charge in [-0.3, -0.25) is 0 Å². The monoisotopic (exact) mass is 401 g/mol. The van der Waals surface area contributed by atoms with Crippen molar-refractivity contribution in [3.63, 3.8) is 0 Å². The number of hydrogen-bond donors (Lipinski definition) is 1. The van der Waals surface area contributed by atoms with Gasteiger partial charge in [0, 0.05) is 13.1 Å². The highest BCUT2D eigenvalue weighted by Gasteiger charge is 2.52. The van der Waals surface area contributed by atoms with Gasteiger partial charge in [0.2, 0.25) is 0 Å².